The van der Waals surface area contributed by atoms with Crippen LogP contribution in [0, 0.1) is 5.92 Å². The summed E-state index contributed by atoms with van der Waals surface area (Å²) in [5.74, 6) is -1.08. The molecule has 10 heteroatoms. The third-order valence-corrected chi connectivity index (χ3v) is 7.40. The van der Waals surface area contributed by atoms with E-state index in [1.807, 2.05) is 6.07 Å². The highest BCUT2D eigenvalue weighted by Crippen LogP contribution is 2.63. The monoisotopic (exact) mass is 449 g/mol. The number of benzene rings is 1. The van der Waals surface area contributed by atoms with Crippen molar-refractivity contribution in [2.24, 2.45) is 5.92 Å². The molecule has 1 saturated heterocycles. The number of Topliss-reactive ketones (excluding diaryl/α,β-unsaturated/α-hetero) is 1. The first-order valence-corrected chi connectivity index (χ1v) is 10.5. The molecule has 4 aliphatic rings. The van der Waals surface area contributed by atoms with Crippen molar-refractivity contribution in [2.45, 2.75) is 55.5 Å². The van der Waals surface area contributed by atoms with Gasteiger partial charge < -0.3 is 34.8 Å². The lowest BCUT2D eigenvalue weighted by Gasteiger charge is -2.57. The molecule has 1 unspecified atom stereocenters. The minimum Gasteiger partial charge on any atom is -0.493 e. The highest BCUT2D eigenvalue weighted by molar-refractivity contribution is 5.89. The van der Waals surface area contributed by atoms with E-state index < -0.39 is 24.1 Å². The predicted octanol–water partition coefficient (Wildman–Crippen LogP) is -0.189. The van der Waals surface area contributed by atoms with Crippen LogP contribution in [-0.2, 0) is 26.2 Å². The van der Waals surface area contributed by atoms with Crippen molar-refractivity contribution in [1.82, 2.24) is 4.90 Å². The van der Waals surface area contributed by atoms with Crippen molar-refractivity contribution >= 4 is 17.7 Å². The van der Waals surface area contributed by atoms with Gasteiger partial charge in [-0.2, -0.15) is 0 Å². The summed E-state index contributed by atoms with van der Waals surface area (Å²) in [7, 11) is 3.91. The number of aliphatic hydroxyl groups excluding tert-OH is 2. The van der Waals surface area contributed by atoms with Gasteiger partial charge in [-0.15, -0.1) is 0 Å². The van der Waals surface area contributed by atoms with E-state index in [1.54, 1.807) is 7.11 Å². The molecule has 32 heavy (non-hydrogen) atoms. The summed E-state index contributed by atoms with van der Waals surface area (Å²) in [4.78, 5) is 34.7. The molecule has 0 amide bonds. The summed E-state index contributed by atoms with van der Waals surface area (Å²) in [6, 6.07) is 4.73. The number of carboxylic acid groups (broad SMARTS) is 2. The van der Waals surface area contributed by atoms with Crippen LogP contribution in [0.5, 0.6) is 11.5 Å². The number of ether oxygens (including phenoxy) is 2. The smallest absolute Gasteiger partial charge is 0.335 e. The highest BCUT2D eigenvalue weighted by atomic mass is 16.5. The van der Waals surface area contributed by atoms with E-state index in [9.17, 15) is 14.4 Å². The lowest BCUT2D eigenvalue weighted by molar-refractivity contribution is -0.165. The average Bonchev–Trinajstić information content (AvgIpc) is 3.12. The molecule has 2 fully saturated rings. The van der Waals surface area contributed by atoms with Crippen molar-refractivity contribution in [3.8, 4) is 11.5 Å². The second kappa shape index (κ2) is 8.02. The molecule has 1 spiro atoms. The van der Waals surface area contributed by atoms with Gasteiger partial charge in [0.1, 0.15) is 0 Å². The lowest BCUT2D eigenvalue weighted by Crippen LogP contribution is -2.65. The van der Waals surface area contributed by atoms with Crippen LogP contribution in [0.3, 0.4) is 0 Å². The number of methoxy groups -OCH3 is 1. The third kappa shape index (κ3) is 3.16. The molecule has 4 N–H and O–H groups in total. The number of likely N-dealkylation sites (N-methyl/N-ethyl adjacent to an activating group) is 1. The van der Waals surface area contributed by atoms with E-state index >= 15 is 0 Å². The fourth-order valence-corrected chi connectivity index (χ4v) is 5.94. The number of piperidine rings is 1. The van der Waals surface area contributed by atoms with Crippen LogP contribution in [0.2, 0.25) is 0 Å². The lowest BCUT2D eigenvalue weighted by atomic mass is 9.52. The second-order valence-electron chi connectivity index (χ2n) is 8.85. The normalized spacial score (nSPS) is 31.4. The molecule has 5 rings (SSSR count). The van der Waals surface area contributed by atoms with Gasteiger partial charge >= 0.3 is 11.9 Å². The molecular formula is C22H27NO9. The second-order valence-corrected chi connectivity index (χ2v) is 8.85. The zero-order valence-electron chi connectivity index (χ0n) is 17.9. The summed E-state index contributed by atoms with van der Waals surface area (Å²) < 4.78 is 11.8. The van der Waals surface area contributed by atoms with Gasteiger partial charge in [0.2, 0.25) is 0 Å². The first-order chi connectivity index (χ1) is 15.1. The van der Waals surface area contributed by atoms with E-state index in [4.69, 9.17) is 29.9 Å². The van der Waals surface area contributed by atoms with E-state index in [1.165, 1.54) is 11.1 Å². The van der Waals surface area contributed by atoms with Gasteiger partial charge in [0, 0.05) is 23.4 Å². The number of carbonyl (C=O) groups excluding carboxylic acids is 1. The van der Waals surface area contributed by atoms with Gasteiger partial charge in [0.15, 0.2) is 35.6 Å². The van der Waals surface area contributed by atoms with Gasteiger partial charge in [0.25, 0.3) is 0 Å². The van der Waals surface area contributed by atoms with Crippen molar-refractivity contribution < 1.29 is 44.3 Å². The van der Waals surface area contributed by atoms with Gasteiger partial charge in [-0.1, -0.05) is 6.07 Å². The highest BCUT2D eigenvalue weighted by Gasteiger charge is 2.65. The SMILES string of the molecule is COc1ccc2c3c1O[C@H]1C(=O)CCC4[C@@H](C2)N(C)CC[C@@]341.O=C(O)[C@H](O)[C@@H](O)C(=O)O. The van der Waals surface area contributed by atoms with Crippen LogP contribution < -0.4 is 9.47 Å². The number of aliphatic carboxylic acids is 2. The molecule has 10 nitrogen and oxygen atoms in total. The minimum absolute atomic E-state index is 0.0933. The van der Waals surface area contributed by atoms with Crippen molar-refractivity contribution in [2.75, 3.05) is 20.7 Å². The molecule has 174 valence electrons. The van der Waals surface area contributed by atoms with E-state index in [2.05, 4.69) is 18.0 Å². The zero-order valence-corrected chi connectivity index (χ0v) is 17.9. The Labute approximate surface area is 184 Å². The maximum absolute atomic E-state index is 12.6. The van der Waals surface area contributed by atoms with E-state index in [-0.39, 0.29) is 17.3 Å². The molecule has 1 aromatic rings. The van der Waals surface area contributed by atoms with Crippen LogP contribution in [0.4, 0.5) is 0 Å². The Morgan fingerprint density at radius 3 is 2.47 bits per heavy atom. The molecule has 0 aromatic heterocycles. The van der Waals surface area contributed by atoms with Crippen LogP contribution in [0.15, 0.2) is 12.1 Å². The minimum atomic E-state index is -2.27. The number of hydrogen-bond donors (Lipinski definition) is 4. The van der Waals surface area contributed by atoms with Crippen molar-refractivity contribution in [3.05, 3.63) is 23.3 Å². The number of ketones is 1. The van der Waals surface area contributed by atoms with Gasteiger partial charge in [-0.25, -0.2) is 9.59 Å². The molecule has 0 radical (unpaired) electrons. The molecule has 2 bridgehead atoms. The van der Waals surface area contributed by atoms with E-state index in [0.717, 1.165) is 37.3 Å². The first kappa shape index (κ1) is 22.5. The number of carbonyl (C=O) groups is 3. The molecule has 1 saturated carbocycles. The van der Waals surface area contributed by atoms with Crippen LogP contribution >= 0.6 is 0 Å². The summed E-state index contributed by atoms with van der Waals surface area (Å²) in [5, 5.41) is 32.5. The molecular weight excluding hydrogens is 422 g/mol. The maximum Gasteiger partial charge on any atom is 0.335 e. The summed E-state index contributed by atoms with van der Waals surface area (Å²) in [5.41, 5.74) is 2.57. The number of hydrogen-bond acceptors (Lipinski definition) is 8. The quantitative estimate of drug-likeness (QED) is 0.486. The topological polar surface area (TPSA) is 154 Å². The van der Waals surface area contributed by atoms with Crippen molar-refractivity contribution in [1.29, 1.82) is 0 Å². The predicted molar refractivity (Wildman–Crippen MR) is 109 cm³/mol. The van der Waals surface area contributed by atoms with Crippen LogP contribution in [0.1, 0.15) is 30.4 Å². The van der Waals surface area contributed by atoms with Gasteiger partial charge in [-0.05, 0) is 50.4 Å². The largest absolute Gasteiger partial charge is 0.493 e. The molecule has 2 aliphatic carbocycles. The standard InChI is InChI=1S/C18H21NO3.C4H6O6/c1-19-8-7-18-11-4-5-13(20)17(18)22-16-14(21-2)6-3-10(15(16)18)9-12(11)19;5-1(3(7)8)2(6)4(9)10/h3,6,11-12,17H,4-5,7-9H2,1-2H3;1-2,5-6H,(H,7,8)(H,9,10)/t11?,12-,17+,18+;1-,2-/m11/s1. The summed E-state index contributed by atoms with van der Waals surface area (Å²) in [6.07, 6.45) is -1.06. The number of aliphatic hydroxyl groups is 2. The Kier molecular flexibility index (Phi) is 5.64. The summed E-state index contributed by atoms with van der Waals surface area (Å²) >= 11 is 0. The molecule has 2 aliphatic heterocycles. The van der Waals surface area contributed by atoms with Crippen molar-refractivity contribution in [3.63, 3.8) is 0 Å². The van der Waals surface area contributed by atoms with Crippen LogP contribution in [0.25, 0.3) is 0 Å². The zero-order chi connectivity index (χ0) is 23.4. The Bertz CT molecular complexity index is 945. The number of rotatable bonds is 4. The van der Waals surface area contributed by atoms with Gasteiger partial charge in [0.05, 0.1) is 7.11 Å². The Hall–Kier alpha value is -2.69. The fraction of sp³-hybridized carbons (Fsp3) is 0.591. The average molecular weight is 449 g/mol. The van der Waals surface area contributed by atoms with Crippen LogP contribution in [-0.4, -0.2) is 88.1 Å². The van der Waals surface area contributed by atoms with Gasteiger partial charge in [-0.3, -0.25) is 4.79 Å². The Balaban J connectivity index is 0.000000211. The fourth-order valence-electron chi connectivity index (χ4n) is 5.94. The molecule has 2 heterocycles. The number of likely N-dealkylation sites (tertiary alicyclic amines) is 1. The maximum atomic E-state index is 12.6. The van der Waals surface area contributed by atoms with E-state index in [0.29, 0.717) is 18.4 Å². The number of nitrogens with zero attached hydrogens (tertiary/aromatic N) is 1. The summed E-state index contributed by atoms with van der Waals surface area (Å²) in [6.45, 7) is 1.05. The first-order valence-electron chi connectivity index (χ1n) is 10.5. The Morgan fingerprint density at radius 2 is 1.88 bits per heavy atom. The number of carboxylic acids is 2. The third-order valence-electron chi connectivity index (χ3n) is 7.40. The Morgan fingerprint density at radius 1 is 1.22 bits per heavy atom. The molecule has 6 atom stereocenters. The molecule has 1 aromatic carbocycles.